The molecular weight excluding hydrogens is 422 g/mol. The summed E-state index contributed by atoms with van der Waals surface area (Å²) in [6, 6.07) is 15.5. The number of fused-ring (bicyclic) bond motifs is 1. The second-order valence-corrected chi connectivity index (χ2v) is 8.62. The van der Waals surface area contributed by atoms with Gasteiger partial charge in [0.05, 0.1) is 17.3 Å². The van der Waals surface area contributed by atoms with Gasteiger partial charge in [0, 0.05) is 35.3 Å². The number of aromatic nitrogens is 3. The molecule has 1 saturated heterocycles. The Hall–Kier alpha value is -3.52. The summed E-state index contributed by atoms with van der Waals surface area (Å²) in [5, 5.41) is 6.84. The van der Waals surface area contributed by atoms with Gasteiger partial charge in [-0.05, 0) is 44.0 Å². The van der Waals surface area contributed by atoms with E-state index in [0.29, 0.717) is 12.3 Å². The van der Waals surface area contributed by atoms with Crippen LogP contribution in [-0.2, 0) is 4.79 Å². The molecule has 1 aromatic carbocycles. The molecule has 3 aromatic heterocycles. The number of anilines is 2. The largest absolute Gasteiger partial charge is 0.483 e. The Labute approximate surface area is 190 Å². The molecule has 32 heavy (non-hydrogen) atoms. The standard InChI is InChI=1S/C24H23N5O2S/c1-16-14-21(17-6-2-3-7-18(17)26-16)31-15-23(30)29-12-5-9-20(29)19-8-4-10-22(27-19)28-24-25-11-13-32-24/h2-4,6-8,10-11,13-14,20H,5,9,12,15H2,1H3,(H,25,27,28)/t20-/m1/s1. The highest BCUT2D eigenvalue weighted by molar-refractivity contribution is 7.13. The molecule has 1 aliphatic heterocycles. The van der Waals surface area contributed by atoms with Gasteiger partial charge in [-0.15, -0.1) is 11.3 Å². The lowest BCUT2D eigenvalue weighted by atomic mass is 10.1. The highest BCUT2D eigenvalue weighted by atomic mass is 32.1. The van der Waals surface area contributed by atoms with Crippen LogP contribution in [0, 0.1) is 6.92 Å². The van der Waals surface area contributed by atoms with Crippen LogP contribution in [0.25, 0.3) is 10.9 Å². The van der Waals surface area contributed by atoms with Crippen molar-refractivity contribution in [3.8, 4) is 5.75 Å². The van der Waals surface area contributed by atoms with E-state index in [4.69, 9.17) is 9.72 Å². The summed E-state index contributed by atoms with van der Waals surface area (Å²) in [5.41, 5.74) is 2.60. The minimum absolute atomic E-state index is 0.0129. The van der Waals surface area contributed by atoms with E-state index >= 15 is 0 Å². The van der Waals surface area contributed by atoms with Crippen LogP contribution in [0.2, 0.25) is 0 Å². The lowest BCUT2D eigenvalue weighted by Crippen LogP contribution is -2.34. The molecule has 162 valence electrons. The first kappa shape index (κ1) is 20.4. The number of carbonyl (C=O) groups is 1. The van der Waals surface area contributed by atoms with Gasteiger partial charge in [-0.25, -0.2) is 9.97 Å². The lowest BCUT2D eigenvalue weighted by Gasteiger charge is -2.25. The topological polar surface area (TPSA) is 80.2 Å². The third kappa shape index (κ3) is 4.27. The third-order valence-electron chi connectivity index (χ3n) is 5.51. The predicted molar refractivity (Wildman–Crippen MR) is 125 cm³/mol. The van der Waals surface area contributed by atoms with E-state index in [0.717, 1.165) is 46.1 Å². The van der Waals surface area contributed by atoms with Crippen LogP contribution in [-0.4, -0.2) is 38.9 Å². The molecule has 7 nitrogen and oxygen atoms in total. The van der Waals surface area contributed by atoms with Crippen molar-refractivity contribution in [2.45, 2.75) is 25.8 Å². The number of hydrogen-bond donors (Lipinski definition) is 1. The number of ether oxygens (including phenoxy) is 1. The Kier molecular flexibility index (Phi) is 5.68. The summed E-state index contributed by atoms with van der Waals surface area (Å²) in [6.07, 6.45) is 3.58. The first-order chi connectivity index (χ1) is 15.7. The van der Waals surface area contributed by atoms with Crippen LogP contribution in [0.1, 0.15) is 30.3 Å². The predicted octanol–water partition coefficient (Wildman–Crippen LogP) is 4.88. The van der Waals surface area contributed by atoms with E-state index in [2.05, 4.69) is 15.3 Å². The molecule has 1 N–H and O–H groups in total. The minimum atomic E-state index is -0.0555. The molecule has 4 heterocycles. The van der Waals surface area contributed by atoms with Crippen LogP contribution in [0.4, 0.5) is 10.9 Å². The molecule has 0 saturated carbocycles. The molecule has 1 fully saturated rings. The van der Waals surface area contributed by atoms with Crippen molar-refractivity contribution < 1.29 is 9.53 Å². The number of para-hydroxylation sites is 1. The number of hydrogen-bond acceptors (Lipinski definition) is 7. The maximum absolute atomic E-state index is 13.1. The van der Waals surface area contributed by atoms with Crippen molar-refractivity contribution in [1.82, 2.24) is 19.9 Å². The summed E-state index contributed by atoms with van der Waals surface area (Å²) >= 11 is 1.52. The van der Waals surface area contributed by atoms with Crippen LogP contribution < -0.4 is 10.1 Å². The molecule has 8 heteroatoms. The van der Waals surface area contributed by atoms with Crippen molar-refractivity contribution in [2.24, 2.45) is 0 Å². The van der Waals surface area contributed by atoms with Crippen molar-refractivity contribution in [3.05, 3.63) is 71.5 Å². The average molecular weight is 446 g/mol. The van der Waals surface area contributed by atoms with Crippen molar-refractivity contribution in [1.29, 1.82) is 0 Å². The molecule has 0 bridgehead atoms. The molecule has 1 aliphatic rings. The number of carbonyl (C=O) groups excluding carboxylic acids is 1. The normalized spacial score (nSPS) is 15.8. The van der Waals surface area contributed by atoms with Gasteiger partial charge in [0.15, 0.2) is 11.7 Å². The Bertz CT molecular complexity index is 1240. The van der Waals surface area contributed by atoms with E-state index in [-0.39, 0.29) is 18.6 Å². The Balaban J connectivity index is 1.30. The number of likely N-dealkylation sites (tertiary alicyclic amines) is 1. The number of aryl methyl sites for hydroxylation is 1. The fourth-order valence-corrected chi connectivity index (χ4v) is 4.62. The molecule has 0 unspecified atom stereocenters. The third-order valence-corrected chi connectivity index (χ3v) is 6.20. The zero-order valence-corrected chi connectivity index (χ0v) is 18.5. The van der Waals surface area contributed by atoms with Gasteiger partial charge >= 0.3 is 0 Å². The number of nitrogens with one attached hydrogen (secondary N) is 1. The number of benzene rings is 1. The Morgan fingerprint density at radius 3 is 3.00 bits per heavy atom. The monoisotopic (exact) mass is 445 g/mol. The van der Waals surface area contributed by atoms with Crippen LogP contribution in [0.15, 0.2) is 60.1 Å². The van der Waals surface area contributed by atoms with Gasteiger partial charge in [-0.3, -0.25) is 9.78 Å². The molecular formula is C24H23N5O2S. The van der Waals surface area contributed by atoms with Gasteiger partial charge in [-0.1, -0.05) is 18.2 Å². The maximum Gasteiger partial charge on any atom is 0.261 e. The number of amides is 1. The smallest absolute Gasteiger partial charge is 0.261 e. The van der Waals surface area contributed by atoms with E-state index < -0.39 is 0 Å². The summed E-state index contributed by atoms with van der Waals surface area (Å²) in [5.74, 6) is 1.38. The fourth-order valence-electron chi connectivity index (χ4n) is 4.09. The van der Waals surface area contributed by atoms with E-state index in [1.54, 1.807) is 6.20 Å². The maximum atomic E-state index is 13.1. The summed E-state index contributed by atoms with van der Waals surface area (Å²) < 4.78 is 5.98. The molecule has 4 aromatic rings. The highest BCUT2D eigenvalue weighted by Crippen LogP contribution is 2.32. The second-order valence-electron chi connectivity index (χ2n) is 7.72. The van der Waals surface area contributed by atoms with Crippen LogP contribution in [0.5, 0.6) is 5.75 Å². The summed E-state index contributed by atoms with van der Waals surface area (Å²) in [7, 11) is 0. The number of thiazole rings is 1. The molecule has 0 radical (unpaired) electrons. The van der Waals surface area contributed by atoms with Gasteiger partial charge < -0.3 is 15.0 Å². The quantitative estimate of drug-likeness (QED) is 0.456. The zero-order valence-electron chi connectivity index (χ0n) is 17.7. The summed E-state index contributed by atoms with van der Waals surface area (Å²) in [6.45, 7) is 2.62. The van der Waals surface area contributed by atoms with Crippen molar-refractivity contribution >= 4 is 39.1 Å². The minimum Gasteiger partial charge on any atom is -0.483 e. The molecule has 5 rings (SSSR count). The molecule has 0 spiro atoms. The Morgan fingerprint density at radius 2 is 2.12 bits per heavy atom. The molecule has 1 atom stereocenters. The number of nitrogens with zero attached hydrogens (tertiary/aromatic N) is 4. The van der Waals surface area contributed by atoms with E-state index in [9.17, 15) is 4.79 Å². The van der Waals surface area contributed by atoms with Gasteiger partial charge in [0.25, 0.3) is 5.91 Å². The van der Waals surface area contributed by atoms with Gasteiger partial charge in [-0.2, -0.15) is 0 Å². The van der Waals surface area contributed by atoms with Crippen LogP contribution >= 0.6 is 11.3 Å². The summed E-state index contributed by atoms with van der Waals surface area (Å²) in [4.78, 5) is 28.5. The lowest BCUT2D eigenvalue weighted by molar-refractivity contribution is -0.134. The number of pyridine rings is 2. The van der Waals surface area contributed by atoms with E-state index in [1.165, 1.54) is 11.3 Å². The first-order valence-electron chi connectivity index (χ1n) is 10.6. The van der Waals surface area contributed by atoms with Crippen LogP contribution in [0.3, 0.4) is 0 Å². The number of rotatable bonds is 6. The van der Waals surface area contributed by atoms with Gasteiger partial charge in [0.1, 0.15) is 11.6 Å². The highest BCUT2D eigenvalue weighted by Gasteiger charge is 2.31. The van der Waals surface area contributed by atoms with Crippen molar-refractivity contribution in [3.63, 3.8) is 0 Å². The zero-order chi connectivity index (χ0) is 21.9. The first-order valence-corrected chi connectivity index (χ1v) is 11.5. The average Bonchev–Trinajstić information content (AvgIpc) is 3.49. The second kappa shape index (κ2) is 8.92. The van der Waals surface area contributed by atoms with Gasteiger partial charge in [0.2, 0.25) is 0 Å². The molecule has 0 aliphatic carbocycles. The Morgan fingerprint density at radius 1 is 1.22 bits per heavy atom. The fraction of sp³-hybridized carbons (Fsp3) is 0.250. The SMILES string of the molecule is Cc1cc(OCC(=O)N2CCC[C@@H]2c2cccc(Nc3nccs3)n2)c2ccccc2n1. The van der Waals surface area contributed by atoms with Crippen molar-refractivity contribution in [2.75, 3.05) is 18.5 Å². The van der Waals surface area contributed by atoms with E-state index in [1.807, 2.05) is 65.7 Å². The molecule has 1 amide bonds.